The molecule has 0 bridgehead atoms. The van der Waals surface area contributed by atoms with Crippen LogP contribution in [0.2, 0.25) is 0 Å². The fourth-order valence-electron chi connectivity index (χ4n) is 3.83. The van der Waals surface area contributed by atoms with Crippen molar-refractivity contribution < 1.29 is 30.8 Å². The van der Waals surface area contributed by atoms with E-state index in [4.69, 9.17) is 0 Å². The topological polar surface area (TPSA) is 90.2 Å². The molecule has 0 atom stereocenters. The smallest absolute Gasteiger partial charge is 0.291 e. The van der Waals surface area contributed by atoms with Crippen molar-refractivity contribution in [3.05, 3.63) is 124 Å². The number of aromatic nitrogens is 2. The third-order valence-electron chi connectivity index (χ3n) is 5.79. The van der Waals surface area contributed by atoms with E-state index >= 15 is 0 Å². The van der Waals surface area contributed by atoms with E-state index in [1.165, 1.54) is 48.5 Å². The van der Waals surface area contributed by atoms with E-state index in [0.717, 1.165) is 33.9 Å². The second-order valence-electron chi connectivity index (χ2n) is 8.63. The molecule has 1 heterocycles. The summed E-state index contributed by atoms with van der Waals surface area (Å²) in [4.78, 5) is 26.3. The maximum absolute atomic E-state index is 14.7. The second-order valence-corrected chi connectivity index (χ2v) is 10.6. The van der Waals surface area contributed by atoms with Crippen molar-refractivity contribution in [2.24, 2.45) is 0 Å². The maximum atomic E-state index is 14.7. The number of allylic oxidation sites excluding steroid dienone is 1. The summed E-state index contributed by atoms with van der Waals surface area (Å²) in [5.74, 6) is -6.20. The highest BCUT2D eigenvalue weighted by Crippen LogP contribution is 2.29. The number of anilines is 1. The molecule has 202 valence electrons. The molecule has 0 radical (unpaired) electrons. The van der Waals surface area contributed by atoms with E-state index in [2.05, 4.69) is 11.9 Å². The lowest BCUT2D eigenvalue weighted by molar-refractivity contribution is 0.0524. The van der Waals surface area contributed by atoms with Crippen LogP contribution < -0.4 is 10.9 Å². The Labute approximate surface area is 220 Å². The lowest BCUT2D eigenvalue weighted by atomic mass is 10.1. The van der Waals surface area contributed by atoms with E-state index in [9.17, 15) is 35.6 Å². The Morgan fingerprint density at radius 2 is 1.74 bits per heavy atom. The van der Waals surface area contributed by atoms with Gasteiger partial charge in [-0.1, -0.05) is 24.8 Å². The highest BCUT2D eigenvalue weighted by Gasteiger charge is 2.27. The summed E-state index contributed by atoms with van der Waals surface area (Å²) in [5.41, 5.74) is -1.65. The average Bonchev–Trinajstić information content (AvgIpc) is 3.19. The van der Waals surface area contributed by atoms with Gasteiger partial charge in [0, 0.05) is 29.8 Å². The summed E-state index contributed by atoms with van der Waals surface area (Å²) in [6.45, 7) is 2.90. The van der Waals surface area contributed by atoms with Crippen LogP contribution in [0.15, 0.2) is 95.3 Å². The van der Waals surface area contributed by atoms with Gasteiger partial charge in [0.1, 0.15) is 17.1 Å². The predicted molar refractivity (Wildman–Crippen MR) is 137 cm³/mol. The lowest BCUT2D eigenvalue weighted by Crippen LogP contribution is -2.26. The monoisotopic (exact) mass is 559 g/mol. The minimum atomic E-state index is -3.47. The first kappa shape index (κ1) is 27.6. The number of amides is 1. The largest absolute Gasteiger partial charge is 0.322 e. The van der Waals surface area contributed by atoms with Gasteiger partial charge >= 0.3 is 0 Å². The van der Waals surface area contributed by atoms with Crippen molar-refractivity contribution >= 4 is 21.4 Å². The quantitative estimate of drug-likeness (QED) is 0.246. The molecule has 39 heavy (non-hydrogen) atoms. The number of hydrogen-bond donors (Lipinski definition) is 1. The summed E-state index contributed by atoms with van der Waals surface area (Å²) in [6.07, 6.45) is 2.62. The maximum Gasteiger partial charge on any atom is 0.291 e. The van der Waals surface area contributed by atoms with Gasteiger partial charge in [-0.05, 0) is 54.1 Å². The molecule has 1 aromatic heterocycles. The van der Waals surface area contributed by atoms with Gasteiger partial charge in [-0.3, -0.25) is 14.3 Å². The molecule has 0 saturated heterocycles. The Bertz CT molecular complexity index is 1740. The van der Waals surface area contributed by atoms with Crippen molar-refractivity contribution in [2.75, 3.05) is 11.6 Å². The first-order valence-electron chi connectivity index (χ1n) is 11.3. The average molecular weight is 560 g/mol. The van der Waals surface area contributed by atoms with Gasteiger partial charge in [0.15, 0.2) is 15.7 Å². The van der Waals surface area contributed by atoms with Gasteiger partial charge in [-0.15, -0.1) is 0 Å². The van der Waals surface area contributed by atoms with Crippen molar-refractivity contribution in [1.82, 2.24) is 9.36 Å². The number of carbonyl (C=O) groups excluding carboxylic acids is 1. The summed E-state index contributed by atoms with van der Waals surface area (Å²) in [6, 6.07) is 13.0. The fourth-order valence-corrected chi connectivity index (χ4v) is 4.46. The first-order valence-corrected chi connectivity index (χ1v) is 13.2. The zero-order chi connectivity index (χ0) is 28.5. The van der Waals surface area contributed by atoms with Crippen molar-refractivity contribution in [3.63, 3.8) is 0 Å². The molecule has 0 saturated carbocycles. The molecule has 0 aliphatic heterocycles. The Morgan fingerprint density at radius 1 is 1.05 bits per heavy atom. The molecule has 0 aliphatic carbocycles. The Hall–Kier alpha value is -4.45. The van der Waals surface area contributed by atoms with Crippen molar-refractivity contribution in [1.29, 1.82) is 0 Å². The minimum absolute atomic E-state index is 0.0186. The summed E-state index contributed by atoms with van der Waals surface area (Å²) >= 11 is 0. The molecule has 4 aromatic rings. The Balaban J connectivity index is 1.77. The van der Waals surface area contributed by atoms with Crippen LogP contribution in [0.5, 0.6) is 0 Å². The fraction of sp³-hybridized carbons (Fsp3) is 0.111. The van der Waals surface area contributed by atoms with E-state index in [1.807, 2.05) is 0 Å². The van der Waals surface area contributed by atoms with Gasteiger partial charge in [0.05, 0.1) is 11.4 Å². The number of rotatable bonds is 8. The van der Waals surface area contributed by atoms with Crippen LogP contribution in [-0.2, 0) is 22.3 Å². The summed E-state index contributed by atoms with van der Waals surface area (Å²) in [7, 11) is -3.47. The van der Waals surface area contributed by atoms with Gasteiger partial charge in [0.2, 0.25) is 0 Å². The first-order chi connectivity index (χ1) is 18.3. The molecule has 12 heteroatoms. The van der Waals surface area contributed by atoms with Gasteiger partial charge < -0.3 is 5.32 Å². The number of hydrogen-bond acceptors (Lipinski definition) is 4. The highest BCUT2D eigenvalue weighted by molar-refractivity contribution is 7.90. The van der Waals surface area contributed by atoms with Crippen LogP contribution >= 0.6 is 0 Å². The van der Waals surface area contributed by atoms with Crippen LogP contribution in [0.3, 0.4) is 0 Å². The van der Waals surface area contributed by atoms with Crippen molar-refractivity contribution in [3.8, 4) is 5.69 Å². The van der Waals surface area contributed by atoms with Crippen LogP contribution in [-0.4, -0.2) is 29.9 Å². The molecule has 4 rings (SSSR count). The zero-order valence-corrected chi connectivity index (χ0v) is 21.2. The van der Waals surface area contributed by atoms with Crippen LogP contribution in [0.4, 0.5) is 23.2 Å². The van der Waals surface area contributed by atoms with E-state index < -0.39 is 44.4 Å². The molecular formula is C27H21F4N3O4S. The molecule has 1 N–H and O–H groups in total. The molecular weight excluding hydrogens is 538 g/mol. The number of sulfone groups is 1. The number of benzene rings is 3. The standard InChI is InChI=1S/C27H21F4N3O4S/c1-3-27(30,31)18-6-4-5-17(13-18)15-33-16-22(26(36)34(33)24-12-7-19(28)14-23(24)29)25(35)32-20-8-10-21(11-9-20)39(2,37)38/h3-14,16H,1,15H2,2H3,(H,32,35). The predicted octanol–water partition coefficient (Wildman–Crippen LogP) is 4.90. The van der Waals surface area contributed by atoms with Crippen LogP contribution in [0.1, 0.15) is 21.5 Å². The lowest BCUT2D eigenvalue weighted by Gasteiger charge is -2.15. The number of nitrogens with zero attached hydrogens (tertiary/aromatic N) is 2. The van der Waals surface area contributed by atoms with Gasteiger partial charge in [-0.25, -0.2) is 21.9 Å². The molecule has 0 spiro atoms. The molecule has 0 fully saturated rings. The summed E-state index contributed by atoms with van der Waals surface area (Å²) < 4.78 is 81.9. The van der Waals surface area contributed by atoms with E-state index in [0.29, 0.717) is 17.7 Å². The van der Waals surface area contributed by atoms with Crippen molar-refractivity contribution in [2.45, 2.75) is 17.4 Å². The zero-order valence-electron chi connectivity index (χ0n) is 20.4. The number of carbonyl (C=O) groups is 1. The van der Waals surface area contributed by atoms with Gasteiger partial charge in [-0.2, -0.15) is 8.78 Å². The van der Waals surface area contributed by atoms with E-state index in [-0.39, 0.29) is 28.4 Å². The molecule has 0 unspecified atom stereocenters. The molecule has 0 aliphatic rings. The third kappa shape index (κ3) is 5.85. The number of halogens is 4. The molecule has 1 amide bonds. The molecule has 7 nitrogen and oxygen atoms in total. The third-order valence-corrected chi connectivity index (χ3v) is 6.92. The minimum Gasteiger partial charge on any atom is -0.322 e. The van der Waals surface area contributed by atoms with Gasteiger partial charge in [0.25, 0.3) is 17.4 Å². The normalized spacial score (nSPS) is 11.8. The second kappa shape index (κ2) is 10.4. The summed E-state index contributed by atoms with van der Waals surface area (Å²) in [5, 5.41) is 2.47. The van der Waals surface area contributed by atoms with Crippen LogP contribution in [0.25, 0.3) is 5.69 Å². The molecule has 3 aromatic carbocycles. The number of nitrogens with one attached hydrogen (secondary N) is 1. The Kier molecular flexibility index (Phi) is 7.33. The SMILES string of the molecule is C=CC(F)(F)c1cccc(Cn2cc(C(=O)Nc3ccc(S(C)(=O)=O)cc3)c(=O)n2-c2ccc(F)cc2F)c1. The highest BCUT2D eigenvalue weighted by atomic mass is 32.2. The van der Waals surface area contributed by atoms with Crippen LogP contribution in [0, 0.1) is 11.6 Å². The number of alkyl halides is 2. The Morgan fingerprint density at radius 3 is 2.36 bits per heavy atom. The van der Waals surface area contributed by atoms with E-state index in [1.54, 1.807) is 0 Å².